The number of anilines is 3. The molecule has 12 rings (SSSR count). The molecular formula is C54H51BN2S. The van der Waals surface area contributed by atoms with E-state index in [-0.39, 0.29) is 28.5 Å². The van der Waals surface area contributed by atoms with Crippen LogP contribution in [0.4, 0.5) is 17.1 Å². The van der Waals surface area contributed by atoms with Gasteiger partial charge in [-0.15, -0.1) is 11.3 Å². The summed E-state index contributed by atoms with van der Waals surface area (Å²) in [4.78, 5) is 4.10. The summed E-state index contributed by atoms with van der Waals surface area (Å²) in [6, 6.07) is 40.9. The van der Waals surface area contributed by atoms with Crippen LogP contribution in [0.1, 0.15) is 109 Å². The highest BCUT2D eigenvalue weighted by atomic mass is 32.1. The van der Waals surface area contributed by atoms with Crippen LogP contribution in [0, 0.1) is 6.92 Å². The summed E-state index contributed by atoms with van der Waals surface area (Å²) in [5.74, 6) is 0. The molecule has 2 aliphatic carbocycles. The zero-order valence-electron chi connectivity index (χ0n) is 35.6. The molecule has 0 unspecified atom stereocenters. The van der Waals surface area contributed by atoms with Crippen LogP contribution in [0.5, 0.6) is 0 Å². The van der Waals surface area contributed by atoms with Gasteiger partial charge in [-0.2, -0.15) is 0 Å². The summed E-state index contributed by atoms with van der Waals surface area (Å²) >= 11 is 1.97. The molecule has 0 saturated carbocycles. The lowest BCUT2D eigenvalue weighted by molar-refractivity contribution is 0.332. The number of hydrogen-bond acceptors (Lipinski definition) is 2. The van der Waals surface area contributed by atoms with Gasteiger partial charge in [-0.05, 0) is 121 Å². The molecule has 2 aliphatic heterocycles. The molecule has 0 atom stereocenters. The zero-order valence-corrected chi connectivity index (χ0v) is 36.4. The minimum absolute atomic E-state index is 0.0198. The van der Waals surface area contributed by atoms with Gasteiger partial charge >= 0.3 is 6.85 Å². The van der Waals surface area contributed by atoms with Crippen LogP contribution in [0.2, 0.25) is 0 Å². The second-order valence-electron chi connectivity index (χ2n) is 20.9. The van der Waals surface area contributed by atoms with E-state index in [4.69, 9.17) is 0 Å². The molecule has 4 aliphatic rings. The van der Waals surface area contributed by atoms with E-state index < -0.39 is 0 Å². The molecule has 0 spiro atoms. The Hall–Kier alpha value is -5.06. The van der Waals surface area contributed by atoms with E-state index in [9.17, 15) is 0 Å². The predicted molar refractivity (Wildman–Crippen MR) is 252 cm³/mol. The van der Waals surface area contributed by atoms with Crippen molar-refractivity contribution in [3.63, 3.8) is 0 Å². The fraction of sp³-hybridized carbons (Fsp3) is 0.296. The maximum absolute atomic E-state index is 2.77. The highest BCUT2D eigenvalue weighted by molar-refractivity contribution is 7.26. The maximum Gasteiger partial charge on any atom is 0.333 e. The van der Waals surface area contributed by atoms with E-state index >= 15 is 0 Å². The van der Waals surface area contributed by atoms with Crippen molar-refractivity contribution in [1.29, 1.82) is 0 Å². The van der Waals surface area contributed by atoms with E-state index in [1.807, 2.05) is 11.3 Å². The molecular weight excluding hydrogens is 719 g/mol. The van der Waals surface area contributed by atoms with Crippen molar-refractivity contribution in [2.75, 3.05) is 4.90 Å². The molecule has 4 heteroatoms. The number of aromatic nitrogens is 1. The third kappa shape index (κ3) is 4.30. The molecule has 4 heterocycles. The lowest BCUT2D eigenvalue weighted by Crippen LogP contribution is -2.57. The van der Waals surface area contributed by atoms with Crippen LogP contribution in [0.25, 0.3) is 53.5 Å². The van der Waals surface area contributed by atoms with Gasteiger partial charge in [-0.3, -0.25) is 0 Å². The van der Waals surface area contributed by atoms with Crippen molar-refractivity contribution in [2.24, 2.45) is 0 Å². The average molecular weight is 771 g/mol. The summed E-state index contributed by atoms with van der Waals surface area (Å²) < 4.78 is 4.13. The number of nitrogens with zero attached hydrogens (tertiary/aromatic N) is 2. The Bertz CT molecular complexity index is 3160. The number of benzene rings is 6. The minimum atomic E-state index is -0.117. The van der Waals surface area contributed by atoms with Gasteiger partial charge in [0.05, 0.1) is 4.83 Å². The van der Waals surface area contributed by atoms with Crippen LogP contribution >= 0.6 is 11.3 Å². The van der Waals surface area contributed by atoms with Gasteiger partial charge in [0.2, 0.25) is 0 Å². The molecule has 0 fully saturated rings. The summed E-state index contributed by atoms with van der Waals surface area (Å²) in [6.45, 7) is 24.3. The maximum atomic E-state index is 2.77. The smallest absolute Gasteiger partial charge is 0.333 e. The van der Waals surface area contributed by atoms with E-state index in [0.29, 0.717) is 0 Å². The predicted octanol–water partition coefficient (Wildman–Crippen LogP) is 13.7. The molecule has 0 amide bonds. The van der Waals surface area contributed by atoms with E-state index in [1.54, 1.807) is 0 Å². The Balaban J connectivity index is 1.27. The first-order chi connectivity index (χ1) is 27.6. The van der Waals surface area contributed by atoms with Crippen molar-refractivity contribution in [1.82, 2.24) is 4.48 Å². The normalized spacial score (nSPS) is 17.7. The zero-order chi connectivity index (χ0) is 40.0. The van der Waals surface area contributed by atoms with Crippen molar-refractivity contribution in [3.8, 4) is 22.3 Å². The highest BCUT2D eigenvalue weighted by Crippen LogP contribution is 2.55. The van der Waals surface area contributed by atoms with E-state index in [2.05, 4.69) is 182 Å². The Morgan fingerprint density at radius 3 is 2.07 bits per heavy atom. The Morgan fingerprint density at radius 1 is 0.603 bits per heavy atom. The molecule has 8 aromatic rings. The molecule has 286 valence electrons. The first-order valence-corrected chi connectivity index (χ1v) is 22.2. The van der Waals surface area contributed by atoms with Gasteiger partial charge < -0.3 is 9.38 Å². The van der Waals surface area contributed by atoms with Crippen molar-refractivity contribution >= 4 is 77.4 Å². The monoisotopic (exact) mass is 770 g/mol. The topological polar surface area (TPSA) is 8.17 Å². The molecule has 0 saturated heterocycles. The van der Waals surface area contributed by atoms with Gasteiger partial charge in [0.1, 0.15) is 0 Å². The number of rotatable bonds is 1. The number of hydrogen-bond donors (Lipinski definition) is 0. The van der Waals surface area contributed by atoms with Crippen LogP contribution < -0.4 is 15.8 Å². The van der Waals surface area contributed by atoms with Gasteiger partial charge in [-0.1, -0.05) is 141 Å². The molecule has 2 aromatic heterocycles. The lowest BCUT2D eigenvalue weighted by atomic mass is 9.44. The molecule has 0 N–H and O–H groups in total. The molecule has 58 heavy (non-hydrogen) atoms. The van der Waals surface area contributed by atoms with E-state index in [0.717, 1.165) is 0 Å². The second-order valence-corrected chi connectivity index (χ2v) is 21.9. The number of thiophene rings is 1. The largest absolute Gasteiger partial charge is 0.367 e. The van der Waals surface area contributed by atoms with Crippen molar-refractivity contribution < 1.29 is 0 Å². The van der Waals surface area contributed by atoms with Gasteiger partial charge in [0.25, 0.3) is 0 Å². The summed E-state index contributed by atoms with van der Waals surface area (Å²) in [6.07, 6.45) is 2.40. The fourth-order valence-corrected chi connectivity index (χ4v) is 13.0. The number of fused-ring (bicyclic) bond motifs is 13. The quantitative estimate of drug-likeness (QED) is 0.151. The molecule has 6 aromatic carbocycles. The van der Waals surface area contributed by atoms with Crippen LogP contribution in [-0.4, -0.2) is 11.3 Å². The van der Waals surface area contributed by atoms with Crippen LogP contribution in [0.15, 0.2) is 103 Å². The van der Waals surface area contributed by atoms with Crippen LogP contribution in [0.3, 0.4) is 0 Å². The molecule has 2 nitrogen and oxygen atoms in total. The Morgan fingerprint density at radius 2 is 1.29 bits per heavy atom. The summed E-state index contributed by atoms with van der Waals surface area (Å²) in [7, 11) is 0. The summed E-state index contributed by atoms with van der Waals surface area (Å²) in [5.41, 5.74) is 22.3. The Kier molecular flexibility index (Phi) is 6.60. The van der Waals surface area contributed by atoms with Gasteiger partial charge in [0.15, 0.2) is 0 Å². The first-order valence-electron chi connectivity index (χ1n) is 21.4. The highest BCUT2D eigenvalue weighted by Gasteiger charge is 2.47. The molecule has 0 bridgehead atoms. The summed E-state index contributed by atoms with van der Waals surface area (Å²) in [5, 5.41) is 4.13. The van der Waals surface area contributed by atoms with Crippen molar-refractivity contribution in [3.05, 3.63) is 137 Å². The van der Waals surface area contributed by atoms with Gasteiger partial charge in [0, 0.05) is 54.4 Å². The van der Waals surface area contributed by atoms with Gasteiger partial charge in [-0.25, -0.2) is 0 Å². The second kappa shape index (κ2) is 11.0. The third-order valence-corrected chi connectivity index (χ3v) is 16.3. The fourth-order valence-electron chi connectivity index (χ4n) is 11.7. The van der Waals surface area contributed by atoms with E-state index in [1.165, 1.54) is 128 Å². The number of aryl methyl sites for hydroxylation is 1. The minimum Gasteiger partial charge on any atom is -0.367 e. The van der Waals surface area contributed by atoms with Crippen LogP contribution in [-0.2, 0) is 21.7 Å². The number of para-hydroxylation sites is 1. The average Bonchev–Trinajstić information content (AvgIpc) is 3.79. The SMILES string of the molecule is Cc1cc2c(cc1N1c3cc4c(cc3B3c5c(cc(C(C)(C)C)cc51)-c1cccc5c6c7ccccc7sc6n3c15)C(C)(C)c1ccccc1-4)C(C)(C)CCC2(C)C. The Labute approximate surface area is 347 Å². The lowest BCUT2D eigenvalue weighted by Gasteiger charge is -2.45. The third-order valence-electron chi connectivity index (χ3n) is 15.1. The van der Waals surface area contributed by atoms with Crippen molar-refractivity contribution in [2.45, 2.75) is 104 Å². The first kappa shape index (κ1) is 34.9. The standard InChI is InChI=1S/C54H51BN2S/c1-30-24-40-41(53(7,8)23-22-52(40,5)6)29-43(30)56-44-27-36-32-16-11-13-20-38(32)54(9,10)39(36)28-42(44)55-48-37(25-31(26-45(48)56)51(2,3)4)33-18-15-19-35-47-34-17-12-14-21-46(34)58-50(47)57(55)49(33)35/h11-21,24-29H,22-23H2,1-10H3. The molecule has 0 radical (unpaired) electrons.